The molecule has 1 aliphatic heterocycles. The number of hydrogen-bond acceptors (Lipinski definition) is 8. The first kappa shape index (κ1) is 33.7. The third kappa shape index (κ3) is 7.38. The molecule has 3 atom stereocenters. The SMILES string of the molecule is O=C(NCc1cccc(C(=O)NCCO)c1)C1=C[C@H]2OC(C3CC3)(C3CC3)O[C@H]2[C@H](OC(=O)c2ccccc2C=CCc2ccccc2O)C1. The number of aliphatic hydroxyl groups is 1. The Bertz CT molecular complexity index is 1800. The minimum absolute atomic E-state index is 0.151. The number of fused-ring (bicyclic) bond motifs is 1. The Morgan fingerprint density at radius 3 is 2.42 bits per heavy atom. The molecule has 0 bridgehead atoms. The molecule has 3 aromatic rings. The fourth-order valence-corrected chi connectivity index (χ4v) is 6.98. The minimum Gasteiger partial charge on any atom is -0.508 e. The minimum atomic E-state index is -0.755. The molecule has 4 aliphatic rings. The van der Waals surface area contributed by atoms with Crippen LogP contribution in [0.4, 0.5) is 0 Å². The summed E-state index contributed by atoms with van der Waals surface area (Å²) in [5, 5.41) is 24.8. The predicted molar refractivity (Wildman–Crippen MR) is 185 cm³/mol. The highest BCUT2D eigenvalue weighted by molar-refractivity contribution is 5.96. The van der Waals surface area contributed by atoms with Crippen LogP contribution < -0.4 is 10.6 Å². The first-order chi connectivity index (χ1) is 24.3. The number of para-hydroxylation sites is 1. The van der Waals surface area contributed by atoms with Crippen LogP contribution in [0.5, 0.6) is 5.75 Å². The molecular weight excluding hydrogens is 636 g/mol. The van der Waals surface area contributed by atoms with Crippen molar-refractivity contribution in [3.8, 4) is 5.75 Å². The van der Waals surface area contributed by atoms with Gasteiger partial charge in [0, 0.05) is 42.5 Å². The lowest BCUT2D eigenvalue weighted by atomic mass is 9.91. The second-order valence-electron chi connectivity index (χ2n) is 13.5. The van der Waals surface area contributed by atoms with E-state index in [-0.39, 0.29) is 43.7 Å². The van der Waals surface area contributed by atoms with Crippen LogP contribution in [0, 0.1) is 11.8 Å². The van der Waals surface area contributed by atoms with E-state index in [1.165, 1.54) is 0 Å². The van der Waals surface area contributed by atoms with E-state index in [0.29, 0.717) is 40.5 Å². The monoisotopic (exact) mass is 678 g/mol. The Morgan fingerprint density at radius 2 is 1.66 bits per heavy atom. The third-order valence-electron chi connectivity index (χ3n) is 9.81. The number of benzene rings is 3. The van der Waals surface area contributed by atoms with Crippen molar-refractivity contribution in [2.45, 2.75) is 69.2 Å². The molecule has 50 heavy (non-hydrogen) atoms. The standard InChI is InChI=1S/C40H42N2O8/c43-20-19-41-37(45)28-12-5-7-25(21-28)24-42-38(46)29-22-34(36-35(23-29)49-40(50-36,30-15-16-30)31-17-18-31)48-39(47)32-13-3-1-8-26(32)10-6-11-27-9-2-4-14-33(27)44/h1-10,12-14,21,23,30-31,34-36,43-44H,11,15-20,22,24H2,(H,41,45)(H,42,46)/t34-,35-,36+/m1/s1. The maximum Gasteiger partial charge on any atom is 0.339 e. The molecule has 0 spiro atoms. The number of phenols is 1. The van der Waals surface area contributed by atoms with Crippen LogP contribution >= 0.6 is 0 Å². The number of rotatable bonds is 13. The number of allylic oxidation sites excluding steroid dienone is 1. The average Bonchev–Trinajstić information content (AvgIpc) is 4.08. The maximum atomic E-state index is 13.8. The number of carbonyl (C=O) groups excluding carboxylic acids is 3. The molecule has 7 rings (SSSR count). The van der Waals surface area contributed by atoms with Crippen molar-refractivity contribution in [1.29, 1.82) is 0 Å². The molecule has 260 valence electrons. The van der Waals surface area contributed by atoms with E-state index < -0.39 is 30.1 Å². The number of aliphatic hydroxyl groups excluding tert-OH is 1. The zero-order valence-corrected chi connectivity index (χ0v) is 27.8. The van der Waals surface area contributed by atoms with Gasteiger partial charge in [0.2, 0.25) is 5.91 Å². The normalized spacial score (nSPS) is 22.4. The Kier molecular flexibility index (Phi) is 9.85. The number of ether oxygens (including phenoxy) is 3. The van der Waals surface area contributed by atoms with Crippen LogP contribution in [0.1, 0.15) is 69.5 Å². The van der Waals surface area contributed by atoms with Gasteiger partial charge in [-0.25, -0.2) is 4.79 Å². The van der Waals surface area contributed by atoms with Crippen LogP contribution in [0.25, 0.3) is 6.08 Å². The van der Waals surface area contributed by atoms with Crippen molar-refractivity contribution >= 4 is 23.9 Å². The van der Waals surface area contributed by atoms with Gasteiger partial charge in [-0.2, -0.15) is 0 Å². The Morgan fingerprint density at radius 1 is 0.900 bits per heavy atom. The van der Waals surface area contributed by atoms with Gasteiger partial charge >= 0.3 is 5.97 Å². The molecule has 0 aromatic heterocycles. The Balaban J connectivity index is 1.08. The largest absolute Gasteiger partial charge is 0.508 e. The maximum absolute atomic E-state index is 13.8. The van der Waals surface area contributed by atoms with Crippen LogP contribution in [0.3, 0.4) is 0 Å². The summed E-state index contributed by atoms with van der Waals surface area (Å²) >= 11 is 0. The van der Waals surface area contributed by atoms with Gasteiger partial charge < -0.3 is 35.1 Å². The average molecular weight is 679 g/mol. The molecule has 4 N–H and O–H groups in total. The summed E-state index contributed by atoms with van der Waals surface area (Å²) in [7, 11) is 0. The number of hydrogen-bond donors (Lipinski definition) is 4. The highest BCUT2D eigenvalue weighted by Crippen LogP contribution is 2.59. The van der Waals surface area contributed by atoms with E-state index >= 15 is 0 Å². The molecule has 0 unspecified atom stereocenters. The predicted octanol–water partition coefficient (Wildman–Crippen LogP) is 4.84. The molecule has 1 heterocycles. The molecule has 10 heteroatoms. The second kappa shape index (κ2) is 14.6. The number of phenolic OH excluding ortho intramolecular Hbond substituents is 1. The highest BCUT2D eigenvalue weighted by Gasteiger charge is 2.64. The Hall–Kier alpha value is -4.77. The van der Waals surface area contributed by atoms with Crippen LogP contribution in [-0.4, -0.2) is 65.2 Å². The van der Waals surface area contributed by atoms with Crippen molar-refractivity contribution in [2.75, 3.05) is 13.2 Å². The first-order valence-corrected chi connectivity index (χ1v) is 17.4. The molecule has 3 aromatic carbocycles. The van der Waals surface area contributed by atoms with Gasteiger partial charge in [-0.15, -0.1) is 0 Å². The van der Waals surface area contributed by atoms with E-state index in [1.54, 1.807) is 42.5 Å². The second-order valence-corrected chi connectivity index (χ2v) is 13.5. The summed E-state index contributed by atoms with van der Waals surface area (Å²) in [6.07, 6.45) is 8.45. The quantitative estimate of drug-likeness (QED) is 0.188. The molecule has 2 saturated carbocycles. The lowest BCUT2D eigenvalue weighted by molar-refractivity contribution is -0.209. The van der Waals surface area contributed by atoms with Gasteiger partial charge in [0.25, 0.3) is 5.91 Å². The highest BCUT2D eigenvalue weighted by atomic mass is 16.8. The van der Waals surface area contributed by atoms with Gasteiger partial charge in [-0.05, 0) is 79.1 Å². The zero-order chi connectivity index (χ0) is 34.7. The van der Waals surface area contributed by atoms with Crippen LogP contribution in [0.15, 0.2) is 90.5 Å². The van der Waals surface area contributed by atoms with Crippen molar-refractivity contribution < 1.29 is 38.8 Å². The fraction of sp³-hybridized carbons (Fsp3) is 0.375. The summed E-state index contributed by atoms with van der Waals surface area (Å²) in [5.74, 6) is -1.06. The fourth-order valence-electron chi connectivity index (χ4n) is 6.98. The van der Waals surface area contributed by atoms with E-state index in [2.05, 4.69) is 10.6 Å². The Labute approximate surface area is 291 Å². The van der Waals surface area contributed by atoms with E-state index in [9.17, 15) is 19.5 Å². The number of aromatic hydroxyl groups is 1. The number of amides is 2. The first-order valence-electron chi connectivity index (χ1n) is 17.4. The van der Waals surface area contributed by atoms with Gasteiger partial charge in [-0.1, -0.05) is 60.7 Å². The van der Waals surface area contributed by atoms with Crippen LogP contribution in [-0.2, 0) is 32.0 Å². The molecule has 2 amide bonds. The zero-order valence-electron chi connectivity index (χ0n) is 27.8. The smallest absolute Gasteiger partial charge is 0.339 e. The van der Waals surface area contributed by atoms with E-state index in [1.807, 2.05) is 48.6 Å². The summed E-state index contributed by atoms with van der Waals surface area (Å²) in [6, 6.07) is 21.3. The van der Waals surface area contributed by atoms with Gasteiger partial charge in [0.15, 0.2) is 5.79 Å². The number of carbonyl (C=O) groups is 3. The van der Waals surface area contributed by atoms with Crippen LogP contribution in [0.2, 0.25) is 0 Å². The lowest BCUT2D eigenvalue weighted by Gasteiger charge is -2.31. The summed E-state index contributed by atoms with van der Waals surface area (Å²) in [5.41, 5.74) is 3.45. The topological polar surface area (TPSA) is 143 Å². The van der Waals surface area contributed by atoms with E-state index in [0.717, 1.165) is 36.8 Å². The van der Waals surface area contributed by atoms with Gasteiger partial charge in [0.05, 0.1) is 12.2 Å². The van der Waals surface area contributed by atoms with E-state index in [4.69, 9.17) is 19.3 Å². The van der Waals surface area contributed by atoms with Gasteiger partial charge in [-0.3, -0.25) is 9.59 Å². The van der Waals surface area contributed by atoms with Crippen molar-refractivity contribution in [3.63, 3.8) is 0 Å². The summed E-state index contributed by atoms with van der Waals surface area (Å²) in [4.78, 5) is 39.9. The molecule has 0 radical (unpaired) electrons. The third-order valence-corrected chi connectivity index (χ3v) is 9.81. The van der Waals surface area contributed by atoms with Crippen molar-refractivity contribution in [2.24, 2.45) is 11.8 Å². The number of nitrogens with one attached hydrogen (secondary N) is 2. The summed E-state index contributed by atoms with van der Waals surface area (Å²) in [6.45, 7) is 0.177. The lowest BCUT2D eigenvalue weighted by Crippen LogP contribution is -2.44. The molecular formula is C40H42N2O8. The molecule has 3 aliphatic carbocycles. The molecule has 1 saturated heterocycles. The molecule has 10 nitrogen and oxygen atoms in total. The van der Waals surface area contributed by atoms with Gasteiger partial charge in [0.1, 0.15) is 24.1 Å². The molecule has 3 fully saturated rings. The number of esters is 1. The van der Waals surface area contributed by atoms with Crippen molar-refractivity contribution in [1.82, 2.24) is 10.6 Å². The van der Waals surface area contributed by atoms with Crippen molar-refractivity contribution in [3.05, 3.63) is 118 Å². The summed E-state index contributed by atoms with van der Waals surface area (Å²) < 4.78 is 19.7.